The maximum Gasteiger partial charge on any atom is 0.338 e. The van der Waals surface area contributed by atoms with Crippen LogP contribution in [0.15, 0.2) is 24.3 Å². The summed E-state index contributed by atoms with van der Waals surface area (Å²) >= 11 is 0. The van der Waals surface area contributed by atoms with Crippen molar-refractivity contribution in [3.63, 3.8) is 0 Å². The number of hydrogen-bond donors (Lipinski definition) is 0. The maximum absolute atomic E-state index is 11.7. The zero-order valence-corrected chi connectivity index (χ0v) is 10.1. The molecule has 0 amide bonds. The summed E-state index contributed by atoms with van der Waals surface area (Å²) in [4.78, 5) is 11.7. The Morgan fingerprint density at radius 3 is 2.59 bits per heavy atom. The molecule has 3 heteroatoms. The predicted octanol–water partition coefficient (Wildman–Crippen LogP) is 2.40. The molecule has 1 rings (SSSR count). The van der Waals surface area contributed by atoms with Gasteiger partial charge in [-0.05, 0) is 24.6 Å². The van der Waals surface area contributed by atoms with Crippen LogP contribution in [0.5, 0.6) is 0 Å². The highest BCUT2D eigenvalue weighted by molar-refractivity contribution is 5.89. The number of benzene rings is 1. The van der Waals surface area contributed by atoms with Crippen LogP contribution in [0.3, 0.4) is 0 Å². The van der Waals surface area contributed by atoms with Gasteiger partial charge in [0.05, 0.1) is 12.2 Å². The van der Waals surface area contributed by atoms with E-state index in [4.69, 9.17) is 15.9 Å². The van der Waals surface area contributed by atoms with E-state index in [0.717, 1.165) is 5.56 Å². The molecule has 0 heterocycles. The van der Waals surface area contributed by atoms with Crippen LogP contribution in [-0.4, -0.2) is 19.2 Å². The predicted molar refractivity (Wildman–Crippen MR) is 65.5 cm³/mol. The third kappa shape index (κ3) is 4.29. The van der Waals surface area contributed by atoms with Crippen molar-refractivity contribution in [2.75, 3.05) is 7.11 Å². The molecule has 17 heavy (non-hydrogen) atoms. The summed E-state index contributed by atoms with van der Waals surface area (Å²) in [5, 5.41) is 0. The van der Waals surface area contributed by atoms with Gasteiger partial charge in [-0.25, -0.2) is 4.79 Å². The van der Waals surface area contributed by atoms with Crippen molar-refractivity contribution in [2.45, 2.75) is 26.1 Å². The van der Waals surface area contributed by atoms with Gasteiger partial charge in [0.2, 0.25) is 0 Å². The Hall–Kier alpha value is -1.79. The average molecular weight is 232 g/mol. The molecule has 0 aromatic heterocycles. The molecule has 0 spiro atoms. The summed E-state index contributed by atoms with van der Waals surface area (Å²) in [6.45, 7) is 2.31. The number of esters is 1. The van der Waals surface area contributed by atoms with Gasteiger partial charge in [-0.15, -0.1) is 12.3 Å². The molecule has 0 aliphatic rings. The number of carbonyl (C=O) groups is 1. The number of carbonyl (C=O) groups excluding carboxylic acids is 1. The van der Waals surface area contributed by atoms with E-state index >= 15 is 0 Å². The second-order valence-electron chi connectivity index (χ2n) is 3.75. The molecule has 0 aliphatic heterocycles. The fourth-order valence-electron chi connectivity index (χ4n) is 1.36. The van der Waals surface area contributed by atoms with Crippen LogP contribution in [0.4, 0.5) is 0 Å². The first-order valence-corrected chi connectivity index (χ1v) is 5.39. The van der Waals surface area contributed by atoms with E-state index < -0.39 is 0 Å². The molecule has 0 saturated carbocycles. The highest BCUT2D eigenvalue weighted by Gasteiger charge is 2.10. The zero-order valence-electron chi connectivity index (χ0n) is 10.1. The fourth-order valence-corrected chi connectivity index (χ4v) is 1.36. The molecule has 0 aliphatic carbocycles. The monoisotopic (exact) mass is 232 g/mol. The Kier molecular flexibility index (Phi) is 5.25. The van der Waals surface area contributed by atoms with Gasteiger partial charge in [0, 0.05) is 13.5 Å². The van der Waals surface area contributed by atoms with E-state index in [1.54, 1.807) is 26.2 Å². The van der Waals surface area contributed by atoms with Crippen molar-refractivity contribution in [1.29, 1.82) is 0 Å². The third-order valence-electron chi connectivity index (χ3n) is 2.21. The Labute approximate surface area is 102 Å². The summed E-state index contributed by atoms with van der Waals surface area (Å²) in [7, 11) is 1.63. The average Bonchev–Trinajstić information content (AvgIpc) is 2.30. The molecule has 0 fully saturated rings. The first kappa shape index (κ1) is 13.3. The van der Waals surface area contributed by atoms with E-state index in [1.807, 2.05) is 12.1 Å². The van der Waals surface area contributed by atoms with Gasteiger partial charge in [-0.2, -0.15) is 0 Å². The van der Waals surface area contributed by atoms with E-state index in [0.29, 0.717) is 18.6 Å². The summed E-state index contributed by atoms with van der Waals surface area (Å²) < 4.78 is 10.2. The topological polar surface area (TPSA) is 35.5 Å². The number of rotatable bonds is 5. The van der Waals surface area contributed by atoms with Crippen molar-refractivity contribution in [2.24, 2.45) is 0 Å². The Morgan fingerprint density at radius 2 is 2.06 bits per heavy atom. The molecule has 0 radical (unpaired) electrons. The summed E-state index contributed by atoms with van der Waals surface area (Å²) in [5.41, 5.74) is 1.54. The Balaban J connectivity index is 2.61. The zero-order chi connectivity index (χ0) is 12.7. The molecule has 0 unspecified atom stereocenters. The largest absolute Gasteiger partial charge is 0.458 e. The standard InChI is InChI=1S/C14H16O3/c1-4-5-11(2)17-14(15)13-8-6-12(7-9-13)10-16-3/h1,6-9,11H,5,10H2,2-3H3/t11-/m0/s1. The highest BCUT2D eigenvalue weighted by atomic mass is 16.5. The fraction of sp³-hybridized carbons (Fsp3) is 0.357. The van der Waals surface area contributed by atoms with Crippen LogP contribution in [0.2, 0.25) is 0 Å². The number of terminal acetylenes is 1. The smallest absolute Gasteiger partial charge is 0.338 e. The van der Waals surface area contributed by atoms with Crippen LogP contribution in [0.25, 0.3) is 0 Å². The lowest BCUT2D eigenvalue weighted by Gasteiger charge is -2.10. The van der Waals surface area contributed by atoms with Crippen molar-refractivity contribution < 1.29 is 14.3 Å². The molecule has 0 bridgehead atoms. The van der Waals surface area contributed by atoms with Gasteiger partial charge >= 0.3 is 5.97 Å². The number of hydrogen-bond acceptors (Lipinski definition) is 3. The number of ether oxygens (including phenoxy) is 2. The van der Waals surface area contributed by atoms with Crippen LogP contribution >= 0.6 is 0 Å². The van der Waals surface area contributed by atoms with Crippen molar-refractivity contribution in [3.05, 3.63) is 35.4 Å². The molecule has 1 atom stereocenters. The molecule has 1 aromatic carbocycles. The van der Waals surface area contributed by atoms with Crippen LogP contribution < -0.4 is 0 Å². The molecule has 1 aromatic rings. The minimum absolute atomic E-state index is 0.258. The summed E-state index contributed by atoms with van der Waals surface area (Å²) in [6.07, 6.45) is 5.31. The highest BCUT2D eigenvalue weighted by Crippen LogP contribution is 2.09. The van der Waals surface area contributed by atoms with Gasteiger partial charge < -0.3 is 9.47 Å². The lowest BCUT2D eigenvalue weighted by atomic mass is 10.1. The quantitative estimate of drug-likeness (QED) is 0.577. The minimum Gasteiger partial charge on any atom is -0.458 e. The van der Waals surface area contributed by atoms with Gasteiger partial charge in [0.25, 0.3) is 0 Å². The van der Waals surface area contributed by atoms with Gasteiger partial charge in [-0.1, -0.05) is 12.1 Å². The van der Waals surface area contributed by atoms with Crippen molar-refractivity contribution in [1.82, 2.24) is 0 Å². The van der Waals surface area contributed by atoms with Gasteiger partial charge in [0.1, 0.15) is 6.10 Å². The second kappa shape index (κ2) is 6.72. The van der Waals surface area contributed by atoms with Gasteiger partial charge in [-0.3, -0.25) is 0 Å². The molecular weight excluding hydrogens is 216 g/mol. The van der Waals surface area contributed by atoms with Crippen LogP contribution in [0, 0.1) is 12.3 Å². The number of methoxy groups -OCH3 is 1. The molecular formula is C14H16O3. The molecule has 90 valence electrons. The summed E-state index contributed by atoms with van der Waals surface area (Å²) in [5.74, 6) is 2.11. The normalized spacial score (nSPS) is 11.6. The molecule has 3 nitrogen and oxygen atoms in total. The van der Waals surface area contributed by atoms with Gasteiger partial charge in [0.15, 0.2) is 0 Å². The summed E-state index contributed by atoms with van der Waals surface area (Å²) in [6, 6.07) is 7.12. The molecule has 0 N–H and O–H groups in total. The van der Waals surface area contributed by atoms with E-state index in [2.05, 4.69) is 5.92 Å². The first-order valence-electron chi connectivity index (χ1n) is 5.39. The maximum atomic E-state index is 11.7. The first-order chi connectivity index (χ1) is 8.17. The third-order valence-corrected chi connectivity index (χ3v) is 2.21. The SMILES string of the molecule is C#CC[C@H](C)OC(=O)c1ccc(COC)cc1. The van der Waals surface area contributed by atoms with Crippen molar-refractivity contribution in [3.8, 4) is 12.3 Å². The lowest BCUT2D eigenvalue weighted by Crippen LogP contribution is -2.14. The second-order valence-corrected chi connectivity index (χ2v) is 3.75. The minimum atomic E-state index is -0.350. The van der Waals surface area contributed by atoms with Crippen LogP contribution in [0.1, 0.15) is 29.3 Å². The van der Waals surface area contributed by atoms with Crippen molar-refractivity contribution >= 4 is 5.97 Å². The Bertz CT molecular complexity index is 400. The lowest BCUT2D eigenvalue weighted by molar-refractivity contribution is 0.0352. The van der Waals surface area contributed by atoms with E-state index in [1.165, 1.54) is 0 Å². The Morgan fingerprint density at radius 1 is 1.41 bits per heavy atom. The molecule has 0 saturated heterocycles. The van der Waals surface area contributed by atoms with Crippen LogP contribution in [-0.2, 0) is 16.1 Å². The van der Waals surface area contributed by atoms with E-state index in [-0.39, 0.29) is 12.1 Å². The van der Waals surface area contributed by atoms with E-state index in [9.17, 15) is 4.79 Å².